The lowest BCUT2D eigenvalue weighted by molar-refractivity contribution is -0.890. The molecule has 1 aliphatic heterocycles. The third-order valence-electron chi connectivity index (χ3n) is 5.03. The molecule has 0 aromatic carbocycles. The summed E-state index contributed by atoms with van der Waals surface area (Å²) in [5, 5.41) is 3.70. The van der Waals surface area contributed by atoms with Gasteiger partial charge in [0.2, 0.25) is 0 Å². The number of quaternary nitrogens is 1. The number of nitrogens with one attached hydrogen (secondary N) is 2. The van der Waals surface area contributed by atoms with Crippen LogP contribution >= 0.6 is 11.3 Å². The van der Waals surface area contributed by atoms with Crippen LogP contribution < -0.4 is 10.2 Å². The molecule has 132 valence electrons. The molecule has 5 nitrogen and oxygen atoms in total. The number of carbonyl (C=O) groups excluding carboxylic acids is 2. The second-order valence-electron chi connectivity index (χ2n) is 6.80. The molecule has 1 saturated heterocycles. The van der Waals surface area contributed by atoms with Crippen LogP contribution in [0.25, 0.3) is 0 Å². The number of fused-ring (bicyclic) bond motifs is 1. The van der Waals surface area contributed by atoms with Crippen LogP contribution in [0.2, 0.25) is 0 Å². The number of hydrogen-bond acceptors (Lipinski definition) is 4. The number of esters is 1. The summed E-state index contributed by atoms with van der Waals surface area (Å²) < 4.78 is 4.96. The number of methoxy groups -OCH3 is 1. The average molecular weight is 351 g/mol. The molecule has 24 heavy (non-hydrogen) atoms. The molecule has 2 N–H and O–H groups in total. The predicted molar refractivity (Wildman–Crippen MR) is 95.0 cm³/mol. The van der Waals surface area contributed by atoms with Gasteiger partial charge >= 0.3 is 5.97 Å². The minimum Gasteiger partial charge on any atom is -0.465 e. The lowest BCUT2D eigenvalue weighted by Crippen LogP contribution is -3.12. The van der Waals surface area contributed by atoms with Crippen molar-refractivity contribution in [1.29, 1.82) is 0 Å². The van der Waals surface area contributed by atoms with Gasteiger partial charge in [-0.1, -0.05) is 0 Å². The third kappa shape index (κ3) is 3.98. The van der Waals surface area contributed by atoms with Gasteiger partial charge in [0.1, 0.15) is 5.00 Å². The number of likely N-dealkylation sites (tertiary alicyclic amines) is 1. The molecular weight excluding hydrogens is 324 g/mol. The maximum Gasteiger partial charge on any atom is 0.341 e. The summed E-state index contributed by atoms with van der Waals surface area (Å²) in [6.07, 6.45) is 9.09. The third-order valence-corrected chi connectivity index (χ3v) is 6.24. The molecule has 6 heteroatoms. The second-order valence-corrected chi connectivity index (χ2v) is 7.90. The molecule has 3 rings (SSSR count). The van der Waals surface area contributed by atoms with Crippen LogP contribution in [-0.2, 0) is 22.4 Å². The quantitative estimate of drug-likeness (QED) is 0.814. The van der Waals surface area contributed by atoms with Gasteiger partial charge < -0.3 is 15.0 Å². The molecule has 0 unspecified atom stereocenters. The van der Waals surface area contributed by atoms with Crippen LogP contribution in [-0.4, -0.2) is 38.6 Å². The molecule has 0 spiro atoms. The fourth-order valence-corrected chi connectivity index (χ4v) is 5.07. The van der Waals surface area contributed by atoms with Crippen molar-refractivity contribution in [3.63, 3.8) is 0 Å². The van der Waals surface area contributed by atoms with E-state index in [1.165, 1.54) is 42.6 Å². The number of rotatable bonds is 4. The summed E-state index contributed by atoms with van der Waals surface area (Å²) in [7, 11) is 1.40. The fourth-order valence-electron chi connectivity index (χ4n) is 3.78. The monoisotopic (exact) mass is 351 g/mol. The first-order valence-corrected chi connectivity index (χ1v) is 9.87. The Kier molecular flexibility index (Phi) is 5.89. The van der Waals surface area contributed by atoms with Crippen molar-refractivity contribution in [2.45, 2.75) is 51.4 Å². The molecule has 1 aromatic rings. The molecule has 1 aliphatic carbocycles. The van der Waals surface area contributed by atoms with Crippen molar-refractivity contribution in [1.82, 2.24) is 0 Å². The highest BCUT2D eigenvalue weighted by Crippen LogP contribution is 2.38. The maximum absolute atomic E-state index is 12.5. The van der Waals surface area contributed by atoms with E-state index in [0.29, 0.717) is 17.1 Å². The topological polar surface area (TPSA) is 59.8 Å². The van der Waals surface area contributed by atoms with Gasteiger partial charge in [-0.15, -0.1) is 11.3 Å². The van der Waals surface area contributed by atoms with Crippen LogP contribution in [0, 0.1) is 0 Å². The highest BCUT2D eigenvalue weighted by molar-refractivity contribution is 7.17. The number of anilines is 1. The molecule has 0 saturated carbocycles. The van der Waals surface area contributed by atoms with Crippen molar-refractivity contribution in [2.24, 2.45) is 0 Å². The number of ether oxygens (including phenoxy) is 1. The van der Waals surface area contributed by atoms with Gasteiger partial charge in [-0.2, -0.15) is 0 Å². The molecule has 0 atom stereocenters. The molecule has 0 radical (unpaired) electrons. The fraction of sp³-hybridized carbons (Fsp3) is 0.667. The smallest absolute Gasteiger partial charge is 0.341 e. The number of aryl methyl sites for hydroxylation is 1. The molecule has 1 aromatic heterocycles. The van der Waals surface area contributed by atoms with E-state index in [2.05, 4.69) is 5.32 Å². The molecule has 0 bridgehead atoms. The summed E-state index contributed by atoms with van der Waals surface area (Å²) in [5.41, 5.74) is 1.69. The Morgan fingerprint density at radius 3 is 2.50 bits per heavy atom. The van der Waals surface area contributed by atoms with Crippen LogP contribution in [0.15, 0.2) is 0 Å². The van der Waals surface area contributed by atoms with Gasteiger partial charge in [0, 0.05) is 4.88 Å². The van der Waals surface area contributed by atoms with Gasteiger partial charge in [-0.25, -0.2) is 4.79 Å². The second kappa shape index (κ2) is 8.12. The minimum absolute atomic E-state index is 0.00986. The standard InChI is InChI=1S/C18H26N2O3S/c1-23-18(22)16-13-8-4-5-9-14(13)24-17(16)19-15(21)12-20-10-6-2-3-7-11-20/h2-12H2,1H3,(H,19,21)/p+1. The Morgan fingerprint density at radius 1 is 1.08 bits per heavy atom. The van der Waals surface area contributed by atoms with Gasteiger partial charge in [0.15, 0.2) is 6.54 Å². The Morgan fingerprint density at radius 2 is 1.79 bits per heavy atom. The molecule has 2 aliphatic rings. The Hall–Kier alpha value is -1.40. The summed E-state index contributed by atoms with van der Waals surface area (Å²) in [6, 6.07) is 0. The molecule has 2 heterocycles. The van der Waals surface area contributed by atoms with E-state index < -0.39 is 0 Å². The summed E-state index contributed by atoms with van der Waals surface area (Å²) in [6.45, 7) is 2.62. The first kappa shape index (κ1) is 17.4. The van der Waals surface area contributed by atoms with Crippen molar-refractivity contribution in [3.8, 4) is 0 Å². The number of carbonyl (C=O) groups is 2. The highest BCUT2D eigenvalue weighted by Gasteiger charge is 2.27. The normalized spacial score (nSPS) is 18.5. The van der Waals surface area contributed by atoms with E-state index in [4.69, 9.17) is 4.74 Å². The zero-order valence-electron chi connectivity index (χ0n) is 14.4. The van der Waals surface area contributed by atoms with Gasteiger partial charge in [-0.05, 0) is 56.9 Å². The zero-order valence-corrected chi connectivity index (χ0v) is 15.2. The van der Waals surface area contributed by atoms with Crippen molar-refractivity contribution in [2.75, 3.05) is 32.1 Å². The first-order valence-electron chi connectivity index (χ1n) is 9.05. The highest BCUT2D eigenvalue weighted by atomic mass is 32.1. The lowest BCUT2D eigenvalue weighted by Gasteiger charge is -2.16. The largest absolute Gasteiger partial charge is 0.465 e. The Bertz CT molecular complexity index is 604. The maximum atomic E-state index is 12.5. The van der Waals surface area contributed by atoms with Crippen molar-refractivity contribution < 1.29 is 19.2 Å². The summed E-state index contributed by atoms with van der Waals surface area (Å²) in [5.74, 6) is -0.317. The predicted octanol–water partition coefficient (Wildman–Crippen LogP) is 1.81. The molecular formula is C18H27N2O3S+. The van der Waals surface area contributed by atoms with Crippen LogP contribution in [0.1, 0.15) is 59.3 Å². The van der Waals surface area contributed by atoms with E-state index in [1.807, 2.05) is 0 Å². The number of thiophene rings is 1. The summed E-state index contributed by atoms with van der Waals surface area (Å²) in [4.78, 5) is 27.3. The van der Waals surface area contributed by atoms with Crippen LogP contribution in [0.4, 0.5) is 5.00 Å². The van der Waals surface area contributed by atoms with E-state index in [-0.39, 0.29) is 11.9 Å². The Balaban J connectivity index is 1.72. The number of hydrogen-bond donors (Lipinski definition) is 2. The zero-order chi connectivity index (χ0) is 16.9. The Labute approximate surface area is 147 Å². The van der Waals surface area contributed by atoms with E-state index in [1.54, 1.807) is 11.3 Å². The van der Waals surface area contributed by atoms with Gasteiger partial charge in [0.05, 0.1) is 25.8 Å². The minimum atomic E-state index is -0.327. The average Bonchev–Trinajstić information content (AvgIpc) is 2.75. The molecule has 1 amide bonds. The first-order chi connectivity index (χ1) is 11.7. The lowest BCUT2D eigenvalue weighted by atomic mass is 9.95. The summed E-state index contributed by atoms with van der Waals surface area (Å²) >= 11 is 1.56. The number of amides is 1. The van der Waals surface area contributed by atoms with Crippen LogP contribution in [0.3, 0.4) is 0 Å². The van der Waals surface area contributed by atoms with E-state index in [9.17, 15) is 9.59 Å². The van der Waals surface area contributed by atoms with E-state index >= 15 is 0 Å². The van der Waals surface area contributed by atoms with E-state index in [0.717, 1.165) is 44.3 Å². The SMILES string of the molecule is COC(=O)c1c(NC(=O)C[NH+]2CCCCCC2)sc2c1CCCC2. The van der Waals surface area contributed by atoms with Gasteiger partial charge in [0.25, 0.3) is 5.91 Å². The van der Waals surface area contributed by atoms with Crippen molar-refractivity contribution in [3.05, 3.63) is 16.0 Å². The van der Waals surface area contributed by atoms with Gasteiger partial charge in [-0.3, -0.25) is 4.79 Å². The van der Waals surface area contributed by atoms with Crippen LogP contribution in [0.5, 0.6) is 0 Å². The van der Waals surface area contributed by atoms with Crippen molar-refractivity contribution >= 4 is 28.2 Å². The molecule has 1 fully saturated rings.